The third-order valence-corrected chi connectivity index (χ3v) is 6.94. The van der Waals surface area contributed by atoms with Gasteiger partial charge in [0.1, 0.15) is 6.61 Å². The lowest BCUT2D eigenvalue weighted by atomic mass is 9.95. The molecule has 0 spiro atoms. The molecule has 6 heteroatoms. The van der Waals surface area contributed by atoms with Gasteiger partial charge in [-0.15, -0.1) is 11.3 Å². The molecular weight excluding hydrogens is 384 g/mol. The number of carbonyl (C=O) groups is 1. The van der Waals surface area contributed by atoms with Crippen LogP contribution in [0.2, 0.25) is 0 Å². The number of nitrogens with one attached hydrogen (secondary N) is 1. The van der Waals surface area contributed by atoms with Crippen LogP contribution in [-0.4, -0.2) is 44.2 Å². The minimum absolute atomic E-state index is 0.0786. The monoisotopic (exact) mass is 414 g/mol. The molecule has 2 aliphatic heterocycles. The van der Waals surface area contributed by atoms with Gasteiger partial charge in [0.2, 0.25) is 5.91 Å². The molecule has 1 aromatic heterocycles. The Morgan fingerprint density at radius 2 is 2.07 bits per heavy atom. The number of likely N-dealkylation sites (tertiary alicyclic amines) is 1. The Balaban J connectivity index is 1.40. The minimum atomic E-state index is -0.164. The van der Waals surface area contributed by atoms with E-state index in [1.807, 2.05) is 18.2 Å². The molecule has 2 aromatic rings. The van der Waals surface area contributed by atoms with Crippen LogP contribution >= 0.6 is 11.3 Å². The molecule has 1 saturated heterocycles. The molecule has 1 fully saturated rings. The fourth-order valence-electron chi connectivity index (χ4n) is 4.36. The Hall–Kier alpha value is -2.05. The summed E-state index contributed by atoms with van der Waals surface area (Å²) < 4.78 is 11.3. The second-order valence-electron chi connectivity index (χ2n) is 7.89. The third kappa shape index (κ3) is 4.75. The van der Waals surface area contributed by atoms with Crippen molar-refractivity contribution in [1.82, 2.24) is 10.2 Å². The molecule has 2 unspecified atom stereocenters. The number of amides is 1. The molecule has 1 N–H and O–H groups in total. The lowest BCUT2D eigenvalue weighted by Gasteiger charge is -2.31. The summed E-state index contributed by atoms with van der Waals surface area (Å²) in [4.78, 5) is 16.8. The van der Waals surface area contributed by atoms with Crippen molar-refractivity contribution in [3.63, 3.8) is 0 Å². The topological polar surface area (TPSA) is 50.8 Å². The molecule has 1 aromatic carbocycles. The number of thiophene rings is 1. The first kappa shape index (κ1) is 20.2. The second-order valence-corrected chi connectivity index (χ2v) is 8.87. The number of carbonyl (C=O) groups excluding carboxylic acids is 1. The molecule has 4 rings (SSSR count). The van der Waals surface area contributed by atoms with Crippen LogP contribution in [0.5, 0.6) is 11.5 Å². The molecule has 156 valence electrons. The van der Waals surface area contributed by atoms with Crippen LogP contribution in [-0.2, 0) is 11.2 Å². The third-order valence-electron chi connectivity index (χ3n) is 5.97. The lowest BCUT2D eigenvalue weighted by Crippen LogP contribution is -2.42. The molecule has 5 nitrogen and oxygen atoms in total. The summed E-state index contributed by atoms with van der Waals surface area (Å²) >= 11 is 1.78. The molecule has 29 heavy (non-hydrogen) atoms. The van der Waals surface area contributed by atoms with E-state index in [1.54, 1.807) is 18.4 Å². The summed E-state index contributed by atoms with van der Waals surface area (Å²) in [6.07, 6.45) is 5.78. The molecule has 3 heterocycles. The SMILES string of the molecule is COc1cccc2c1OCC(C(=O)NCC(c1cccs1)N1CCCCCC1)C2. The maximum atomic E-state index is 12.9. The molecular formula is C23H30N2O3S. The molecule has 0 radical (unpaired) electrons. The highest BCUT2D eigenvalue weighted by Crippen LogP contribution is 2.36. The number of rotatable bonds is 6. The average Bonchev–Trinajstić information content (AvgIpc) is 3.15. The molecule has 0 aliphatic carbocycles. The highest BCUT2D eigenvalue weighted by atomic mass is 32.1. The van der Waals surface area contributed by atoms with Crippen molar-refractivity contribution in [3.05, 3.63) is 46.2 Å². The maximum Gasteiger partial charge on any atom is 0.226 e. The van der Waals surface area contributed by atoms with E-state index in [0.29, 0.717) is 19.6 Å². The van der Waals surface area contributed by atoms with Crippen LogP contribution in [0.4, 0.5) is 0 Å². The molecule has 0 saturated carbocycles. The lowest BCUT2D eigenvalue weighted by molar-refractivity contribution is -0.126. The molecule has 2 atom stereocenters. The Kier molecular flexibility index (Phi) is 6.72. The number of nitrogens with zero attached hydrogens (tertiary/aromatic N) is 1. The number of hydrogen-bond acceptors (Lipinski definition) is 5. The standard InChI is InChI=1S/C23H30N2O3S/c1-27-20-9-6-8-17-14-18(16-28-22(17)20)23(26)24-15-19(21-10-7-13-29-21)25-11-4-2-3-5-12-25/h6-10,13,18-19H,2-5,11-12,14-16H2,1H3,(H,24,26). The number of methoxy groups -OCH3 is 1. The van der Waals surface area contributed by atoms with E-state index in [9.17, 15) is 4.79 Å². The van der Waals surface area contributed by atoms with Gasteiger partial charge >= 0.3 is 0 Å². The van der Waals surface area contributed by atoms with Gasteiger partial charge in [-0.3, -0.25) is 9.69 Å². The number of hydrogen-bond donors (Lipinski definition) is 1. The van der Waals surface area contributed by atoms with Crippen molar-refractivity contribution in [2.24, 2.45) is 5.92 Å². The largest absolute Gasteiger partial charge is 0.493 e. The van der Waals surface area contributed by atoms with Gasteiger partial charge in [-0.1, -0.05) is 31.0 Å². The van der Waals surface area contributed by atoms with Crippen LogP contribution in [0.15, 0.2) is 35.7 Å². The van der Waals surface area contributed by atoms with Crippen LogP contribution in [0.25, 0.3) is 0 Å². The Labute approximate surface area is 177 Å². The first-order valence-electron chi connectivity index (χ1n) is 10.6. The van der Waals surface area contributed by atoms with Gasteiger partial charge in [-0.25, -0.2) is 0 Å². The van der Waals surface area contributed by atoms with Crippen molar-refractivity contribution in [2.75, 3.05) is 33.4 Å². The Morgan fingerprint density at radius 3 is 2.79 bits per heavy atom. The van der Waals surface area contributed by atoms with E-state index < -0.39 is 0 Å². The van der Waals surface area contributed by atoms with Gasteiger partial charge in [-0.05, 0) is 55.4 Å². The van der Waals surface area contributed by atoms with Crippen molar-refractivity contribution in [2.45, 2.75) is 38.1 Å². The van der Waals surface area contributed by atoms with Crippen molar-refractivity contribution in [3.8, 4) is 11.5 Å². The normalized spacial score (nSPS) is 20.8. The fourth-order valence-corrected chi connectivity index (χ4v) is 5.22. The van der Waals surface area contributed by atoms with Crippen molar-refractivity contribution < 1.29 is 14.3 Å². The fraction of sp³-hybridized carbons (Fsp3) is 0.522. The van der Waals surface area contributed by atoms with E-state index in [2.05, 4.69) is 27.7 Å². The van der Waals surface area contributed by atoms with E-state index in [-0.39, 0.29) is 17.9 Å². The highest BCUT2D eigenvalue weighted by molar-refractivity contribution is 7.10. The van der Waals surface area contributed by atoms with Crippen LogP contribution < -0.4 is 14.8 Å². The zero-order valence-corrected chi connectivity index (χ0v) is 17.9. The second kappa shape index (κ2) is 9.63. The van der Waals surface area contributed by atoms with Crippen LogP contribution in [0.1, 0.15) is 42.2 Å². The molecule has 0 bridgehead atoms. The van der Waals surface area contributed by atoms with Gasteiger partial charge in [0.05, 0.1) is 19.1 Å². The first-order chi connectivity index (χ1) is 14.3. The zero-order chi connectivity index (χ0) is 20.1. The van der Waals surface area contributed by atoms with Crippen molar-refractivity contribution >= 4 is 17.2 Å². The number of benzene rings is 1. The predicted octanol–water partition coefficient (Wildman–Crippen LogP) is 4.04. The quantitative estimate of drug-likeness (QED) is 0.775. The summed E-state index contributed by atoms with van der Waals surface area (Å²) in [7, 11) is 1.64. The summed E-state index contributed by atoms with van der Waals surface area (Å²) in [5, 5.41) is 5.36. The highest BCUT2D eigenvalue weighted by Gasteiger charge is 2.29. The number of fused-ring (bicyclic) bond motifs is 1. The molecule has 2 aliphatic rings. The van der Waals surface area contributed by atoms with E-state index in [1.165, 1.54) is 30.6 Å². The first-order valence-corrected chi connectivity index (χ1v) is 11.5. The summed E-state index contributed by atoms with van der Waals surface area (Å²) in [5.41, 5.74) is 1.04. The van der Waals surface area contributed by atoms with E-state index in [4.69, 9.17) is 9.47 Å². The number of para-hydroxylation sites is 1. The average molecular weight is 415 g/mol. The van der Waals surface area contributed by atoms with E-state index >= 15 is 0 Å². The summed E-state index contributed by atoms with van der Waals surface area (Å²) in [5.74, 6) is 1.43. The molecule has 1 amide bonds. The summed E-state index contributed by atoms with van der Waals surface area (Å²) in [6, 6.07) is 10.4. The Morgan fingerprint density at radius 1 is 1.24 bits per heavy atom. The van der Waals surface area contributed by atoms with Gasteiger partial charge < -0.3 is 14.8 Å². The van der Waals surface area contributed by atoms with E-state index in [0.717, 1.165) is 30.2 Å². The predicted molar refractivity (Wildman–Crippen MR) is 116 cm³/mol. The van der Waals surface area contributed by atoms with Gasteiger partial charge in [0, 0.05) is 11.4 Å². The van der Waals surface area contributed by atoms with Crippen LogP contribution in [0, 0.1) is 5.92 Å². The number of ether oxygens (including phenoxy) is 2. The smallest absolute Gasteiger partial charge is 0.226 e. The van der Waals surface area contributed by atoms with Crippen LogP contribution in [0.3, 0.4) is 0 Å². The van der Waals surface area contributed by atoms with Gasteiger partial charge in [0.15, 0.2) is 11.5 Å². The van der Waals surface area contributed by atoms with Crippen molar-refractivity contribution in [1.29, 1.82) is 0 Å². The minimum Gasteiger partial charge on any atom is -0.493 e. The van der Waals surface area contributed by atoms with Gasteiger partial charge in [-0.2, -0.15) is 0 Å². The zero-order valence-electron chi connectivity index (χ0n) is 17.1. The van der Waals surface area contributed by atoms with Gasteiger partial charge in [0.25, 0.3) is 0 Å². The Bertz CT molecular complexity index is 800. The summed E-state index contributed by atoms with van der Waals surface area (Å²) in [6.45, 7) is 3.27. The maximum absolute atomic E-state index is 12.9.